The van der Waals surface area contributed by atoms with Crippen LogP contribution in [0.1, 0.15) is 51.4 Å². The second-order valence-electron chi connectivity index (χ2n) is 8.80. The van der Waals surface area contributed by atoms with Crippen LogP contribution in [0.15, 0.2) is 30.3 Å². The van der Waals surface area contributed by atoms with Crippen molar-refractivity contribution in [3.8, 4) is 0 Å². The largest absolute Gasteiger partial charge is 0.376 e. The molecule has 9 nitrogen and oxygen atoms in total. The van der Waals surface area contributed by atoms with Gasteiger partial charge in [0.1, 0.15) is 5.69 Å². The molecule has 0 spiro atoms. The van der Waals surface area contributed by atoms with Crippen molar-refractivity contribution in [1.29, 1.82) is 0 Å². The Morgan fingerprint density at radius 3 is 2.73 bits per heavy atom. The molecule has 2 aliphatic heterocycles. The molecule has 1 fully saturated rings. The van der Waals surface area contributed by atoms with Crippen molar-refractivity contribution in [1.82, 2.24) is 24.9 Å². The molecule has 2 aromatic rings. The van der Waals surface area contributed by atoms with Crippen LogP contribution in [0.2, 0.25) is 0 Å². The first-order chi connectivity index (χ1) is 15.9. The Balaban J connectivity index is 1.38. The van der Waals surface area contributed by atoms with E-state index < -0.39 is 0 Å². The Hall–Kier alpha value is -3.20. The maximum Gasteiger partial charge on any atom is 0.274 e. The number of rotatable bonds is 7. The van der Waals surface area contributed by atoms with E-state index in [1.807, 2.05) is 31.2 Å². The zero-order valence-corrected chi connectivity index (χ0v) is 19.2. The molecule has 33 heavy (non-hydrogen) atoms. The molecule has 3 amide bonds. The molecule has 0 unspecified atom stereocenters. The summed E-state index contributed by atoms with van der Waals surface area (Å²) in [7, 11) is 1.56. The molecular weight excluding hydrogens is 422 g/mol. The second kappa shape index (κ2) is 10.2. The van der Waals surface area contributed by atoms with Crippen LogP contribution >= 0.6 is 0 Å². The number of hydrogen-bond acceptors (Lipinski definition) is 5. The number of nitrogens with one attached hydrogen (secondary N) is 1. The average molecular weight is 454 g/mol. The highest BCUT2D eigenvalue weighted by Gasteiger charge is 2.28. The highest BCUT2D eigenvalue weighted by atomic mass is 16.5. The van der Waals surface area contributed by atoms with Gasteiger partial charge in [0.2, 0.25) is 5.91 Å². The molecule has 3 heterocycles. The van der Waals surface area contributed by atoms with Crippen LogP contribution in [0.3, 0.4) is 0 Å². The predicted octanol–water partition coefficient (Wildman–Crippen LogP) is 1.60. The number of amides is 3. The fourth-order valence-electron chi connectivity index (χ4n) is 4.18. The molecule has 1 aromatic carbocycles. The number of likely N-dealkylation sites (N-methyl/N-ethyl adjacent to an activating group) is 1. The third-order valence-electron chi connectivity index (χ3n) is 6.08. The maximum absolute atomic E-state index is 13.2. The third kappa shape index (κ3) is 5.60. The summed E-state index contributed by atoms with van der Waals surface area (Å²) in [4.78, 5) is 41.4. The van der Waals surface area contributed by atoms with Crippen molar-refractivity contribution >= 4 is 17.7 Å². The molecule has 1 atom stereocenters. The summed E-state index contributed by atoms with van der Waals surface area (Å²) in [5, 5.41) is 7.19. The van der Waals surface area contributed by atoms with E-state index >= 15 is 0 Å². The van der Waals surface area contributed by atoms with Crippen LogP contribution in [0.4, 0.5) is 0 Å². The Labute approximate surface area is 193 Å². The first kappa shape index (κ1) is 23.0. The van der Waals surface area contributed by atoms with Gasteiger partial charge >= 0.3 is 0 Å². The fourth-order valence-corrected chi connectivity index (χ4v) is 4.18. The Kier molecular flexibility index (Phi) is 7.08. The van der Waals surface area contributed by atoms with Gasteiger partial charge in [0, 0.05) is 45.9 Å². The van der Waals surface area contributed by atoms with E-state index in [2.05, 4.69) is 10.4 Å². The van der Waals surface area contributed by atoms with Gasteiger partial charge in [0.25, 0.3) is 11.8 Å². The number of aryl methyl sites for hydroxylation is 2. The number of carbonyl (C=O) groups excluding carboxylic acids is 3. The molecule has 0 aliphatic carbocycles. The number of aromatic nitrogens is 2. The van der Waals surface area contributed by atoms with Crippen LogP contribution in [0.25, 0.3) is 0 Å². The van der Waals surface area contributed by atoms with E-state index in [0.717, 1.165) is 31.4 Å². The van der Waals surface area contributed by atoms with Crippen LogP contribution in [0.5, 0.6) is 0 Å². The monoisotopic (exact) mass is 453 g/mol. The summed E-state index contributed by atoms with van der Waals surface area (Å²) < 4.78 is 7.11. The van der Waals surface area contributed by atoms with Gasteiger partial charge in [0.05, 0.1) is 12.6 Å². The SMILES string of the molecule is Cc1ccc(CN2CCCn3nc(C(=O)N(C)CC(=O)NC[C@@H]4CCCO4)cc3C2=O)cc1. The summed E-state index contributed by atoms with van der Waals surface area (Å²) in [6.07, 6.45) is 2.74. The van der Waals surface area contributed by atoms with Gasteiger partial charge in [0.15, 0.2) is 5.69 Å². The number of benzene rings is 1. The quantitative estimate of drug-likeness (QED) is 0.687. The highest BCUT2D eigenvalue weighted by molar-refractivity contribution is 5.99. The predicted molar refractivity (Wildman–Crippen MR) is 122 cm³/mol. The van der Waals surface area contributed by atoms with Crippen LogP contribution in [-0.4, -0.2) is 76.7 Å². The lowest BCUT2D eigenvalue weighted by molar-refractivity contribution is -0.122. The minimum Gasteiger partial charge on any atom is -0.376 e. The fraction of sp³-hybridized carbons (Fsp3) is 0.500. The molecule has 0 radical (unpaired) electrons. The number of hydrogen-bond donors (Lipinski definition) is 1. The first-order valence-corrected chi connectivity index (χ1v) is 11.5. The first-order valence-electron chi connectivity index (χ1n) is 11.5. The van der Waals surface area contributed by atoms with Gasteiger partial charge in [-0.3, -0.25) is 19.1 Å². The summed E-state index contributed by atoms with van der Waals surface area (Å²) in [6, 6.07) is 9.66. The van der Waals surface area contributed by atoms with Crippen molar-refractivity contribution in [3.63, 3.8) is 0 Å². The van der Waals surface area contributed by atoms with Crippen molar-refractivity contribution in [2.45, 2.75) is 45.4 Å². The van der Waals surface area contributed by atoms with Crippen molar-refractivity contribution in [3.05, 3.63) is 52.8 Å². The normalized spacial score (nSPS) is 18.1. The van der Waals surface area contributed by atoms with Gasteiger partial charge in [-0.05, 0) is 31.7 Å². The minimum atomic E-state index is -0.388. The lowest BCUT2D eigenvalue weighted by Gasteiger charge is -2.20. The van der Waals surface area contributed by atoms with E-state index in [-0.39, 0.29) is 36.1 Å². The van der Waals surface area contributed by atoms with E-state index in [0.29, 0.717) is 31.9 Å². The molecule has 4 rings (SSSR count). The lowest BCUT2D eigenvalue weighted by Crippen LogP contribution is -2.41. The van der Waals surface area contributed by atoms with Crippen LogP contribution < -0.4 is 5.32 Å². The van der Waals surface area contributed by atoms with Crippen molar-refractivity contribution in [2.24, 2.45) is 0 Å². The smallest absolute Gasteiger partial charge is 0.274 e. The molecule has 2 aliphatic rings. The van der Waals surface area contributed by atoms with Crippen LogP contribution in [-0.2, 0) is 22.6 Å². The Morgan fingerprint density at radius 1 is 1.21 bits per heavy atom. The van der Waals surface area contributed by atoms with E-state index in [9.17, 15) is 14.4 Å². The molecule has 1 N–H and O–H groups in total. The number of fused-ring (bicyclic) bond motifs is 1. The molecule has 0 saturated carbocycles. The molecule has 1 aromatic heterocycles. The van der Waals surface area contributed by atoms with E-state index in [4.69, 9.17) is 4.74 Å². The molecular formula is C24H31N5O4. The number of ether oxygens (including phenoxy) is 1. The number of nitrogens with zero attached hydrogens (tertiary/aromatic N) is 4. The van der Waals surface area contributed by atoms with Crippen molar-refractivity contribution in [2.75, 3.05) is 33.3 Å². The Morgan fingerprint density at radius 2 is 2.00 bits per heavy atom. The van der Waals surface area contributed by atoms with Gasteiger partial charge < -0.3 is 19.9 Å². The summed E-state index contributed by atoms with van der Waals surface area (Å²) in [5.41, 5.74) is 2.81. The van der Waals surface area contributed by atoms with Crippen LogP contribution in [0, 0.1) is 6.92 Å². The topological polar surface area (TPSA) is 96.8 Å². The van der Waals surface area contributed by atoms with E-state index in [1.165, 1.54) is 10.5 Å². The second-order valence-corrected chi connectivity index (χ2v) is 8.80. The van der Waals surface area contributed by atoms with Gasteiger partial charge in [-0.2, -0.15) is 5.10 Å². The zero-order valence-electron chi connectivity index (χ0n) is 19.2. The van der Waals surface area contributed by atoms with E-state index in [1.54, 1.807) is 22.7 Å². The van der Waals surface area contributed by atoms with Crippen molar-refractivity contribution < 1.29 is 19.1 Å². The third-order valence-corrected chi connectivity index (χ3v) is 6.08. The maximum atomic E-state index is 13.2. The average Bonchev–Trinajstić information content (AvgIpc) is 3.45. The van der Waals surface area contributed by atoms with Gasteiger partial charge in [-0.1, -0.05) is 29.8 Å². The molecule has 0 bridgehead atoms. The molecule has 9 heteroatoms. The minimum absolute atomic E-state index is 0.0487. The zero-order chi connectivity index (χ0) is 23.4. The molecule has 1 saturated heterocycles. The summed E-state index contributed by atoms with van der Waals surface area (Å²) in [5.74, 6) is -0.778. The summed E-state index contributed by atoms with van der Waals surface area (Å²) in [6.45, 7) is 4.83. The summed E-state index contributed by atoms with van der Waals surface area (Å²) >= 11 is 0. The Bertz CT molecular complexity index is 1010. The van der Waals surface area contributed by atoms with Gasteiger partial charge in [-0.25, -0.2) is 0 Å². The number of carbonyl (C=O) groups is 3. The highest BCUT2D eigenvalue weighted by Crippen LogP contribution is 2.18. The standard InChI is InChI=1S/C24H31N5O4/c1-17-6-8-18(9-7-17)15-28-10-4-11-29-21(24(28)32)13-20(26-29)23(31)27(2)16-22(30)25-14-19-5-3-12-33-19/h6-9,13,19H,3-5,10-12,14-16H2,1-2H3,(H,25,30)/t19-/m0/s1. The van der Waals surface area contributed by atoms with Gasteiger partial charge in [-0.15, -0.1) is 0 Å². The molecule has 176 valence electrons. The lowest BCUT2D eigenvalue weighted by atomic mass is 10.1.